The van der Waals surface area contributed by atoms with Crippen LogP contribution in [0.5, 0.6) is 11.5 Å². The van der Waals surface area contributed by atoms with Crippen molar-refractivity contribution in [3.8, 4) is 22.8 Å². The summed E-state index contributed by atoms with van der Waals surface area (Å²) in [5.74, 6) is 2.38. The molecule has 29 heavy (non-hydrogen) atoms. The molecule has 0 aliphatic rings. The van der Waals surface area contributed by atoms with Gasteiger partial charge in [0.15, 0.2) is 17.3 Å². The van der Waals surface area contributed by atoms with Gasteiger partial charge in [-0.25, -0.2) is 9.97 Å². The van der Waals surface area contributed by atoms with Crippen molar-refractivity contribution < 1.29 is 14.0 Å². The van der Waals surface area contributed by atoms with Crippen molar-refractivity contribution in [3.05, 3.63) is 59.1 Å². The quantitative estimate of drug-likeness (QED) is 0.454. The number of aromatic nitrogens is 3. The van der Waals surface area contributed by atoms with E-state index in [1.807, 2.05) is 43.3 Å². The molecule has 2 aromatic carbocycles. The van der Waals surface area contributed by atoms with E-state index >= 15 is 0 Å². The van der Waals surface area contributed by atoms with Crippen LogP contribution in [0, 0.1) is 6.92 Å². The van der Waals surface area contributed by atoms with Crippen molar-refractivity contribution in [2.45, 2.75) is 13.5 Å². The molecule has 0 saturated carbocycles. The molecule has 7 nitrogen and oxygen atoms in total. The molecule has 0 aliphatic heterocycles. The zero-order chi connectivity index (χ0) is 20.4. The largest absolute Gasteiger partial charge is 0.493 e. The average Bonchev–Trinajstić information content (AvgIpc) is 3.20. The minimum atomic E-state index is 0.130. The molecule has 2 aromatic heterocycles. The lowest BCUT2D eigenvalue weighted by atomic mass is 10.1. The van der Waals surface area contributed by atoms with Crippen molar-refractivity contribution >= 4 is 28.3 Å². The maximum absolute atomic E-state index is 6.10. The number of aryl methyl sites for hydroxylation is 1. The Morgan fingerprint density at radius 3 is 2.45 bits per heavy atom. The number of halogens is 1. The zero-order valence-corrected chi connectivity index (χ0v) is 16.9. The summed E-state index contributed by atoms with van der Waals surface area (Å²) in [5, 5.41) is 8.27. The predicted octanol–water partition coefficient (Wildman–Crippen LogP) is 4.88. The number of nitrogens with zero attached hydrogens (tertiary/aromatic N) is 3. The fourth-order valence-electron chi connectivity index (χ4n) is 2.99. The predicted molar refractivity (Wildman–Crippen MR) is 112 cm³/mol. The Balaban J connectivity index is 1.60. The van der Waals surface area contributed by atoms with E-state index in [9.17, 15) is 0 Å². The first kappa shape index (κ1) is 19.0. The van der Waals surface area contributed by atoms with Gasteiger partial charge < -0.3 is 19.3 Å². The Hall–Kier alpha value is -3.32. The van der Waals surface area contributed by atoms with Gasteiger partial charge in [-0.3, -0.25) is 0 Å². The Kier molecular flexibility index (Phi) is 5.22. The van der Waals surface area contributed by atoms with Gasteiger partial charge in [-0.05, 0) is 24.6 Å². The molecule has 0 atom stereocenters. The maximum Gasteiger partial charge on any atom is 0.224 e. The van der Waals surface area contributed by atoms with Gasteiger partial charge in [-0.1, -0.05) is 35.0 Å². The summed E-state index contributed by atoms with van der Waals surface area (Å²) < 4.78 is 16.2. The third kappa shape index (κ3) is 3.95. The summed E-state index contributed by atoms with van der Waals surface area (Å²) in [6.07, 6.45) is 0. The average molecular weight is 411 g/mol. The molecule has 0 saturated heterocycles. The molecule has 0 radical (unpaired) electrons. The third-order valence-electron chi connectivity index (χ3n) is 4.51. The van der Waals surface area contributed by atoms with Gasteiger partial charge in [0.2, 0.25) is 5.28 Å². The normalized spacial score (nSPS) is 10.9. The molecule has 4 rings (SSSR count). The molecule has 0 bridgehead atoms. The monoisotopic (exact) mass is 410 g/mol. The van der Waals surface area contributed by atoms with Crippen LogP contribution in [0.25, 0.3) is 22.2 Å². The van der Waals surface area contributed by atoms with Crippen LogP contribution >= 0.6 is 11.6 Å². The first-order valence-electron chi connectivity index (χ1n) is 8.93. The Labute approximate surface area is 172 Å². The number of methoxy groups -OCH3 is 2. The number of hydrogen-bond acceptors (Lipinski definition) is 7. The van der Waals surface area contributed by atoms with E-state index < -0.39 is 0 Å². The fraction of sp³-hybridized carbons (Fsp3) is 0.190. The highest BCUT2D eigenvalue weighted by atomic mass is 35.5. The van der Waals surface area contributed by atoms with Gasteiger partial charge in [-0.2, -0.15) is 0 Å². The summed E-state index contributed by atoms with van der Waals surface area (Å²) in [6, 6.07) is 13.6. The summed E-state index contributed by atoms with van der Waals surface area (Å²) in [6.45, 7) is 2.43. The lowest BCUT2D eigenvalue weighted by Gasteiger charge is -2.12. The van der Waals surface area contributed by atoms with Crippen molar-refractivity contribution in [2.75, 3.05) is 19.5 Å². The van der Waals surface area contributed by atoms with Gasteiger partial charge in [-0.15, -0.1) is 0 Å². The van der Waals surface area contributed by atoms with Crippen LogP contribution in [0.15, 0.2) is 47.0 Å². The van der Waals surface area contributed by atoms with E-state index in [0.29, 0.717) is 35.1 Å². The van der Waals surface area contributed by atoms with Gasteiger partial charge in [0, 0.05) is 23.1 Å². The number of rotatable bonds is 6. The molecular weight excluding hydrogens is 392 g/mol. The van der Waals surface area contributed by atoms with Crippen LogP contribution in [0.4, 0.5) is 5.82 Å². The molecule has 0 amide bonds. The number of anilines is 1. The number of hydrogen-bond donors (Lipinski definition) is 1. The van der Waals surface area contributed by atoms with Crippen LogP contribution in [0.1, 0.15) is 11.3 Å². The number of fused-ring (bicyclic) bond motifs is 1. The van der Waals surface area contributed by atoms with Crippen LogP contribution in [-0.4, -0.2) is 29.3 Å². The van der Waals surface area contributed by atoms with Crippen molar-refractivity contribution in [1.82, 2.24) is 15.1 Å². The molecule has 0 fully saturated rings. The van der Waals surface area contributed by atoms with Crippen LogP contribution < -0.4 is 14.8 Å². The molecular formula is C21H19ClN4O3. The molecule has 0 unspecified atom stereocenters. The number of ether oxygens (including phenoxy) is 2. The second kappa shape index (κ2) is 7.97. The topological polar surface area (TPSA) is 82.3 Å². The lowest BCUT2D eigenvalue weighted by molar-refractivity contribution is 0.356. The van der Waals surface area contributed by atoms with E-state index in [2.05, 4.69) is 20.4 Å². The SMILES string of the molecule is COc1cc2nc(Cl)nc(NCc3cc(-c4ccc(C)cc4)no3)c2cc1OC. The minimum absolute atomic E-state index is 0.130. The maximum atomic E-state index is 6.10. The number of nitrogens with one attached hydrogen (secondary N) is 1. The standard InChI is InChI=1S/C21H19ClN4O3/c1-12-4-6-13(7-5-12)16-8-14(29-26-16)11-23-20-15-9-18(27-2)19(28-3)10-17(15)24-21(22)25-20/h4-10H,11H2,1-3H3,(H,23,24,25). The highest BCUT2D eigenvalue weighted by molar-refractivity contribution is 6.28. The van der Waals surface area contributed by atoms with Crippen LogP contribution in [0.3, 0.4) is 0 Å². The Morgan fingerprint density at radius 2 is 1.72 bits per heavy atom. The second-order valence-corrected chi connectivity index (χ2v) is 6.80. The molecule has 2 heterocycles. The molecule has 0 spiro atoms. The van der Waals surface area contributed by atoms with Gasteiger partial charge in [0.25, 0.3) is 0 Å². The first-order valence-corrected chi connectivity index (χ1v) is 9.31. The highest BCUT2D eigenvalue weighted by Gasteiger charge is 2.14. The van der Waals surface area contributed by atoms with Crippen LogP contribution in [0.2, 0.25) is 5.28 Å². The second-order valence-electron chi connectivity index (χ2n) is 6.46. The van der Waals surface area contributed by atoms with E-state index in [4.69, 9.17) is 25.6 Å². The van der Waals surface area contributed by atoms with Gasteiger partial charge >= 0.3 is 0 Å². The number of benzene rings is 2. The summed E-state index contributed by atoms with van der Waals surface area (Å²) >= 11 is 6.10. The summed E-state index contributed by atoms with van der Waals surface area (Å²) in [5.41, 5.74) is 3.61. The first-order chi connectivity index (χ1) is 14.1. The zero-order valence-electron chi connectivity index (χ0n) is 16.2. The van der Waals surface area contributed by atoms with Crippen LogP contribution in [-0.2, 0) is 6.54 Å². The third-order valence-corrected chi connectivity index (χ3v) is 4.68. The van der Waals surface area contributed by atoms with E-state index in [0.717, 1.165) is 16.6 Å². The molecule has 8 heteroatoms. The smallest absolute Gasteiger partial charge is 0.224 e. The minimum Gasteiger partial charge on any atom is -0.493 e. The highest BCUT2D eigenvalue weighted by Crippen LogP contribution is 2.34. The van der Waals surface area contributed by atoms with Gasteiger partial charge in [0.1, 0.15) is 11.5 Å². The summed E-state index contributed by atoms with van der Waals surface area (Å²) in [7, 11) is 3.15. The lowest BCUT2D eigenvalue weighted by Crippen LogP contribution is -2.03. The fourth-order valence-corrected chi connectivity index (χ4v) is 3.17. The Morgan fingerprint density at radius 1 is 1.00 bits per heavy atom. The molecule has 0 aliphatic carbocycles. The molecule has 4 aromatic rings. The van der Waals surface area contributed by atoms with Crippen molar-refractivity contribution in [1.29, 1.82) is 0 Å². The van der Waals surface area contributed by atoms with E-state index in [1.165, 1.54) is 5.56 Å². The summed E-state index contributed by atoms with van der Waals surface area (Å²) in [4.78, 5) is 8.58. The van der Waals surface area contributed by atoms with E-state index in [1.54, 1.807) is 20.3 Å². The van der Waals surface area contributed by atoms with E-state index in [-0.39, 0.29) is 5.28 Å². The molecule has 148 valence electrons. The van der Waals surface area contributed by atoms with Gasteiger partial charge in [0.05, 0.1) is 26.3 Å². The van der Waals surface area contributed by atoms with Crippen molar-refractivity contribution in [2.24, 2.45) is 0 Å². The molecule has 1 N–H and O–H groups in total. The Bertz CT molecular complexity index is 1160. The van der Waals surface area contributed by atoms with Crippen molar-refractivity contribution in [3.63, 3.8) is 0 Å².